The Bertz CT molecular complexity index is 860. The third-order valence-electron chi connectivity index (χ3n) is 13.1. The highest BCUT2D eigenvalue weighted by Crippen LogP contribution is 2.17. The molecule has 0 spiro atoms. The summed E-state index contributed by atoms with van der Waals surface area (Å²) in [4.78, 5) is 25.5. The van der Waals surface area contributed by atoms with Crippen LogP contribution in [0.2, 0.25) is 0 Å². The standard InChI is InChI=1S/C57H112O5/c1-4-7-10-13-16-19-22-25-28-31-34-37-40-43-46-49-52-60-53-55(62-57(59)51-48-45-42-39-36-33-30-27-24-21-18-15-12-9-6-3)54-61-56(58)50-47-44-41-38-35-32-29-26-23-20-17-14-11-8-5-2/h55H,4-54H2,1-3H3/t55-/m1/s1. The van der Waals surface area contributed by atoms with Crippen molar-refractivity contribution in [3.8, 4) is 0 Å². The van der Waals surface area contributed by atoms with Gasteiger partial charge < -0.3 is 14.2 Å². The van der Waals surface area contributed by atoms with E-state index in [1.54, 1.807) is 0 Å². The van der Waals surface area contributed by atoms with E-state index in [9.17, 15) is 9.59 Å². The van der Waals surface area contributed by atoms with E-state index in [-0.39, 0.29) is 18.5 Å². The van der Waals surface area contributed by atoms with Crippen molar-refractivity contribution in [2.24, 2.45) is 0 Å². The van der Waals surface area contributed by atoms with Crippen molar-refractivity contribution in [3.05, 3.63) is 0 Å². The molecule has 0 aromatic heterocycles. The fraction of sp³-hybridized carbons (Fsp3) is 0.965. The maximum Gasteiger partial charge on any atom is 0.306 e. The van der Waals surface area contributed by atoms with E-state index in [1.165, 1.54) is 263 Å². The lowest BCUT2D eigenvalue weighted by Gasteiger charge is -2.18. The summed E-state index contributed by atoms with van der Waals surface area (Å²) in [6.45, 7) is 7.92. The first kappa shape index (κ1) is 60.9. The van der Waals surface area contributed by atoms with Gasteiger partial charge in [0.1, 0.15) is 6.61 Å². The van der Waals surface area contributed by atoms with Crippen LogP contribution in [-0.2, 0) is 23.8 Å². The summed E-state index contributed by atoms with van der Waals surface area (Å²) in [7, 11) is 0. The van der Waals surface area contributed by atoms with Crippen LogP contribution in [0.25, 0.3) is 0 Å². The van der Waals surface area contributed by atoms with Gasteiger partial charge in [-0.05, 0) is 19.3 Å². The fourth-order valence-electron chi connectivity index (χ4n) is 8.87. The number of hydrogen-bond donors (Lipinski definition) is 0. The monoisotopic (exact) mass is 877 g/mol. The Kier molecular flexibility index (Phi) is 53.3. The zero-order valence-corrected chi connectivity index (χ0v) is 42.7. The van der Waals surface area contributed by atoms with Crippen LogP contribution in [0.1, 0.15) is 329 Å². The van der Waals surface area contributed by atoms with Gasteiger partial charge in [-0.1, -0.05) is 297 Å². The molecule has 0 N–H and O–H groups in total. The van der Waals surface area contributed by atoms with Crippen LogP contribution in [0.15, 0.2) is 0 Å². The van der Waals surface area contributed by atoms with Gasteiger partial charge in [0.15, 0.2) is 6.10 Å². The average Bonchev–Trinajstić information content (AvgIpc) is 3.27. The maximum atomic E-state index is 12.8. The molecule has 0 aliphatic carbocycles. The normalized spacial score (nSPS) is 12.0. The van der Waals surface area contributed by atoms with Crippen LogP contribution >= 0.6 is 0 Å². The molecule has 0 saturated heterocycles. The van der Waals surface area contributed by atoms with E-state index in [0.717, 1.165) is 32.1 Å². The summed E-state index contributed by atoms with van der Waals surface area (Å²) in [6.07, 6.45) is 61.1. The van der Waals surface area contributed by atoms with Gasteiger partial charge in [0.2, 0.25) is 0 Å². The largest absolute Gasteiger partial charge is 0.462 e. The minimum Gasteiger partial charge on any atom is -0.462 e. The zero-order chi connectivity index (χ0) is 44.9. The predicted molar refractivity (Wildman–Crippen MR) is 270 cm³/mol. The third-order valence-corrected chi connectivity index (χ3v) is 13.1. The molecule has 0 amide bonds. The van der Waals surface area contributed by atoms with Gasteiger partial charge in [-0.15, -0.1) is 0 Å². The number of rotatable bonds is 54. The Hall–Kier alpha value is -1.10. The first-order chi connectivity index (χ1) is 30.6. The lowest BCUT2D eigenvalue weighted by molar-refractivity contribution is -0.163. The molecule has 1 atom stereocenters. The highest BCUT2D eigenvalue weighted by molar-refractivity contribution is 5.70. The quantitative estimate of drug-likeness (QED) is 0.0450. The Morgan fingerprint density at radius 2 is 0.532 bits per heavy atom. The Morgan fingerprint density at radius 1 is 0.290 bits per heavy atom. The van der Waals surface area contributed by atoms with Crippen LogP contribution in [0.3, 0.4) is 0 Å². The van der Waals surface area contributed by atoms with Gasteiger partial charge in [0, 0.05) is 19.4 Å². The lowest BCUT2D eigenvalue weighted by Crippen LogP contribution is -2.30. The number of hydrogen-bond acceptors (Lipinski definition) is 5. The van der Waals surface area contributed by atoms with Crippen molar-refractivity contribution in [1.29, 1.82) is 0 Å². The zero-order valence-electron chi connectivity index (χ0n) is 42.7. The van der Waals surface area contributed by atoms with Crippen LogP contribution < -0.4 is 0 Å². The van der Waals surface area contributed by atoms with Crippen molar-refractivity contribution >= 4 is 11.9 Å². The molecule has 0 aromatic rings. The molecule has 5 heteroatoms. The molecule has 0 rings (SSSR count). The maximum absolute atomic E-state index is 12.8. The van der Waals surface area contributed by atoms with Crippen molar-refractivity contribution < 1.29 is 23.8 Å². The van der Waals surface area contributed by atoms with Crippen LogP contribution in [-0.4, -0.2) is 37.9 Å². The summed E-state index contributed by atoms with van der Waals surface area (Å²) in [5.74, 6) is -0.366. The van der Waals surface area contributed by atoms with Gasteiger partial charge in [-0.25, -0.2) is 0 Å². The van der Waals surface area contributed by atoms with Gasteiger partial charge in [-0.2, -0.15) is 0 Å². The van der Waals surface area contributed by atoms with Crippen molar-refractivity contribution in [2.45, 2.75) is 335 Å². The topological polar surface area (TPSA) is 61.8 Å². The molecule has 0 heterocycles. The molecule has 0 unspecified atom stereocenters. The second-order valence-corrected chi connectivity index (χ2v) is 19.6. The summed E-state index contributed by atoms with van der Waals surface area (Å²) < 4.78 is 17.5. The molecule has 5 nitrogen and oxygen atoms in total. The molecule has 0 saturated carbocycles. The summed E-state index contributed by atoms with van der Waals surface area (Å²) >= 11 is 0. The minimum absolute atomic E-state index is 0.0983. The van der Waals surface area contributed by atoms with Gasteiger partial charge in [0.05, 0.1) is 6.61 Å². The average molecular weight is 878 g/mol. The van der Waals surface area contributed by atoms with Crippen LogP contribution in [0, 0.1) is 0 Å². The molecule has 0 aliphatic rings. The Labute approximate surface area is 389 Å². The second-order valence-electron chi connectivity index (χ2n) is 19.6. The minimum atomic E-state index is -0.523. The van der Waals surface area contributed by atoms with Crippen molar-refractivity contribution in [3.63, 3.8) is 0 Å². The number of ether oxygens (including phenoxy) is 3. The molecule has 0 radical (unpaired) electrons. The number of carbonyl (C=O) groups excluding carboxylic acids is 2. The van der Waals surface area contributed by atoms with E-state index < -0.39 is 6.10 Å². The first-order valence-electron chi connectivity index (χ1n) is 28.6. The number of carbonyl (C=O) groups is 2. The first-order valence-corrected chi connectivity index (χ1v) is 28.6. The summed E-state index contributed by atoms with van der Waals surface area (Å²) in [5.41, 5.74) is 0. The molecular formula is C57H112O5. The smallest absolute Gasteiger partial charge is 0.306 e. The second kappa shape index (κ2) is 54.2. The SMILES string of the molecule is CCCCCCCCCCCCCCCCCCOC[C@H](COC(=O)CCCCCCCCCCCCCCCCC)OC(=O)CCCCCCCCCCCCCCCCC. The molecular weight excluding hydrogens is 765 g/mol. The van der Waals surface area contributed by atoms with Crippen molar-refractivity contribution in [1.82, 2.24) is 0 Å². The highest BCUT2D eigenvalue weighted by Gasteiger charge is 2.17. The number of unbranched alkanes of at least 4 members (excludes halogenated alkanes) is 43. The molecule has 0 aliphatic heterocycles. The summed E-state index contributed by atoms with van der Waals surface area (Å²) in [6, 6.07) is 0. The molecule has 370 valence electrons. The molecule has 0 fully saturated rings. The van der Waals surface area contributed by atoms with E-state index in [2.05, 4.69) is 20.8 Å². The fourth-order valence-corrected chi connectivity index (χ4v) is 8.87. The van der Waals surface area contributed by atoms with Crippen molar-refractivity contribution in [2.75, 3.05) is 19.8 Å². The lowest BCUT2D eigenvalue weighted by atomic mass is 10.0. The van der Waals surface area contributed by atoms with E-state index in [0.29, 0.717) is 26.1 Å². The van der Waals surface area contributed by atoms with Gasteiger partial charge in [-0.3, -0.25) is 9.59 Å². The predicted octanol–water partition coefficient (Wildman–Crippen LogP) is 19.2. The molecule has 0 aromatic carbocycles. The van der Waals surface area contributed by atoms with Crippen LogP contribution in [0.4, 0.5) is 0 Å². The van der Waals surface area contributed by atoms with E-state index in [4.69, 9.17) is 14.2 Å². The highest BCUT2D eigenvalue weighted by atomic mass is 16.6. The van der Waals surface area contributed by atoms with E-state index >= 15 is 0 Å². The Morgan fingerprint density at radius 3 is 0.823 bits per heavy atom. The molecule has 0 bridgehead atoms. The third kappa shape index (κ3) is 51.5. The van der Waals surface area contributed by atoms with Crippen LogP contribution in [0.5, 0.6) is 0 Å². The van der Waals surface area contributed by atoms with E-state index in [1.807, 2.05) is 0 Å². The van der Waals surface area contributed by atoms with Gasteiger partial charge in [0.25, 0.3) is 0 Å². The summed E-state index contributed by atoms with van der Waals surface area (Å²) in [5, 5.41) is 0. The molecule has 62 heavy (non-hydrogen) atoms. The van der Waals surface area contributed by atoms with Gasteiger partial charge >= 0.3 is 11.9 Å². The Balaban J connectivity index is 4.18. The number of esters is 2.